The Balaban J connectivity index is 1.29. The van der Waals surface area contributed by atoms with Crippen molar-refractivity contribution in [3.05, 3.63) is 164 Å². The molecule has 3 aromatic heterocycles. The Kier molecular flexibility index (Phi) is 5.54. The van der Waals surface area contributed by atoms with Gasteiger partial charge in [-0.3, -0.25) is 0 Å². The van der Waals surface area contributed by atoms with Crippen molar-refractivity contribution in [2.75, 3.05) is 0 Å². The van der Waals surface area contributed by atoms with Gasteiger partial charge in [0.25, 0.3) is 0 Å². The highest BCUT2D eigenvalue weighted by Crippen LogP contribution is 2.46. The predicted molar refractivity (Wildman–Crippen MR) is 207 cm³/mol. The van der Waals surface area contributed by atoms with Gasteiger partial charge in [-0.25, -0.2) is 15.0 Å². The minimum Gasteiger partial charge on any atom is -0.456 e. The number of fused-ring (bicyclic) bond motifs is 6. The fourth-order valence-electron chi connectivity index (χ4n) is 6.78. The lowest BCUT2D eigenvalue weighted by molar-refractivity contribution is 0.669. The van der Waals surface area contributed by atoms with Crippen molar-refractivity contribution >= 4 is 53.4 Å². The molecule has 5 heteroatoms. The van der Waals surface area contributed by atoms with Crippen molar-refractivity contribution < 1.29 is 11.3 Å². The molecule has 0 atom stereocenters. The number of benzene rings is 7. The lowest BCUT2D eigenvalue weighted by atomic mass is 9.95. The standard InChI is InChI=1S/C45H27N3OS/c1-4-14-28(15-5-1)31-26-35(29-16-6-2-7-17-29)42-36(27-31)41-34(22-13-25-39(41)50-42)45-47-43(30-18-8-3-9-19-30)46-44(48-45)33-21-12-24-38-40(33)32-20-10-11-23-37(32)49-38/h1-27H/i2D,6D,7D,16D,17D. The summed E-state index contributed by atoms with van der Waals surface area (Å²) < 4.78 is 51.1. The first kappa shape index (κ1) is 23.8. The molecule has 0 amide bonds. The zero-order valence-corrected chi connectivity index (χ0v) is 27.2. The third-order valence-corrected chi connectivity index (χ3v) is 10.2. The van der Waals surface area contributed by atoms with Gasteiger partial charge in [0.2, 0.25) is 0 Å². The topological polar surface area (TPSA) is 51.8 Å². The smallest absolute Gasteiger partial charge is 0.164 e. The SMILES string of the molecule is [2H]c1c([2H])c([2H])c(-c2cc(-c3ccccc3)cc3c2sc2cccc(-c4nc(-c5ccccc5)nc(-c5cccc6oc7ccccc7c56)n4)c23)c([2H])c1[2H]. The lowest BCUT2D eigenvalue weighted by Crippen LogP contribution is -2.00. The monoisotopic (exact) mass is 662 g/mol. The van der Waals surface area contributed by atoms with Crippen LogP contribution in [0.5, 0.6) is 0 Å². The van der Waals surface area contributed by atoms with E-state index in [1.165, 1.54) is 11.3 Å². The minimum absolute atomic E-state index is 0.163. The molecule has 0 aliphatic heterocycles. The highest BCUT2D eigenvalue weighted by Gasteiger charge is 2.21. The Bertz CT molecular complexity index is 3130. The molecule has 0 saturated carbocycles. The number of furan rings is 1. The van der Waals surface area contributed by atoms with E-state index in [1.54, 1.807) is 0 Å². The average molecular weight is 663 g/mol. The Labute approximate surface area is 299 Å². The van der Waals surface area contributed by atoms with E-state index in [2.05, 4.69) is 6.07 Å². The first-order chi connectivity index (χ1) is 26.9. The number of aromatic nitrogens is 3. The van der Waals surface area contributed by atoms with E-state index in [-0.39, 0.29) is 29.7 Å². The van der Waals surface area contributed by atoms with Crippen molar-refractivity contribution in [2.45, 2.75) is 0 Å². The highest BCUT2D eigenvalue weighted by atomic mass is 32.1. The summed E-state index contributed by atoms with van der Waals surface area (Å²) in [6.45, 7) is 0. The first-order valence-corrected chi connectivity index (χ1v) is 17.0. The molecular weight excluding hydrogens is 631 g/mol. The van der Waals surface area contributed by atoms with E-state index in [4.69, 9.17) is 26.2 Å². The van der Waals surface area contributed by atoms with E-state index in [1.807, 2.05) is 127 Å². The number of thiophene rings is 1. The van der Waals surface area contributed by atoms with E-state index in [9.17, 15) is 0 Å². The molecule has 50 heavy (non-hydrogen) atoms. The maximum absolute atomic E-state index is 8.94. The second-order valence-corrected chi connectivity index (χ2v) is 13.0. The van der Waals surface area contributed by atoms with Crippen LogP contribution in [0.3, 0.4) is 0 Å². The first-order valence-electron chi connectivity index (χ1n) is 18.7. The molecule has 0 fully saturated rings. The van der Waals surface area contributed by atoms with Gasteiger partial charge >= 0.3 is 0 Å². The summed E-state index contributed by atoms with van der Waals surface area (Å²) in [7, 11) is 0. The van der Waals surface area contributed by atoms with Crippen LogP contribution in [0.4, 0.5) is 0 Å². The van der Waals surface area contributed by atoms with E-state index >= 15 is 0 Å². The Morgan fingerprint density at radius 2 is 1.10 bits per heavy atom. The summed E-state index contributed by atoms with van der Waals surface area (Å²) in [4.78, 5) is 15.4. The van der Waals surface area contributed by atoms with Crippen LogP contribution >= 0.6 is 11.3 Å². The molecular formula is C45H27N3OS. The van der Waals surface area contributed by atoms with Crippen LogP contribution < -0.4 is 0 Å². The molecule has 10 rings (SSSR count). The quantitative estimate of drug-likeness (QED) is 0.184. The van der Waals surface area contributed by atoms with Gasteiger partial charge in [0.1, 0.15) is 11.2 Å². The Hall–Kier alpha value is -6.43. The molecule has 0 radical (unpaired) electrons. The number of hydrogen-bond acceptors (Lipinski definition) is 5. The van der Waals surface area contributed by atoms with Gasteiger partial charge in [-0.1, -0.05) is 133 Å². The van der Waals surface area contributed by atoms with Crippen LogP contribution in [0.15, 0.2) is 168 Å². The van der Waals surface area contributed by atoms with Gasteiger partial charge < -0.3 is 4.42 Å². The summed E-state index contributed by atoms with van der Waals surface area (Å²) in [5.74, 6) is 1.50. The van der Waals surface area contributed by atoms with Crippen LogP contribution in [0.25, 0.3) is 98.5 Å². The van der Waals surface area contributed by atoms with E-state index in [0.717, 1.165) is 69.9 Å². The molecule has 4 nitrogen and oxygen atoms in total. The van der Waals surface area contributed by atoms with Crippen LogP contribution in [-0.2, 0) is 0 Å². The Morgan fingerprint density at radius 1 is 0.460 bits per heavy atom. The molecule has 0 aliphatic rings. The Morgan fingerprint density at radius 3 is 1.88 bits per heavy atom. The minimum atomic E-state index is -0.424. The fraction of sp³-hybridized carbons (Fsp3) is 0. The van der Waals surface area contributed by atoms with Crippen molar-refractivity contribution in [1.29, 1.82) is 0 Å². The van der Waals surface area contributed by atoms with Gasteiger partial charge in [0.05, 0.1) is 6.85 Å². The van der Waals surface area contributed by atoms with E-state index < -0.39 is 6.04 Å². The average Bonchev–Trinajstić information content (AvgIpc) is 3.81. The van der Waals surface area contributed by atoms with Crippen LogP contribution in [0.2, 0.25) is 0 Å². The number of para-hydroxylation sites is 1. The zero-order valence-electron chi connectivity index (χ0n) is 31.4. The maximum atomic E-state index is 8.94. The molecule has 0 unspecified atom stereocenters. The van der Waals surface area contributed by atoms with Gasteiger partial charge in [-0.05, 0) is 47.0 Å². The van der Waals surface area contributed by atoms with Gasteiger partial charge in [-0.15, -0.1) is 11.3 Å². The third kappa shape index (κ3) is 4.71. The van der Waals surface area contributed by atoms with Gasteiger partial charge in [0, 0.05) is 53.2 Å². The van der Waals surface area contributed by atoms with Crippen LogP contribution in [0.1, 0.15) is 6.85 Å². The molecule has 0 aliphatic carbocycles. The zero-order chi connectivity index (χ0) is 37.4. The molecule has 234 valence electrons. The normalized spacial score (nSPS) is 13.0. The summed E-state index contributed by atoms with van der Waals surface area (Å²) in [5, 5.41) is 3.65. The largest absolute Gasteiger partial charge is 0.456 e. The van der Waals surface area contributed by atoms with Crippen molar-refractivity contribution in [1.82, 2.24) is 15.0 Å². The second kappa shape index (κ2) is 11.6. The highest BCUT2D eigenvalue weighted by molar-refractivity contribution is 7.26. The summed E-state index contributed by atoms with van der Waals surface area (Å²) in [5.41, 5.74) is 6.48. The molecule has 0 saturated heterocycles. The third-order valence-electron chi connectivity index (χ3n) is 9.02. The molecule has 3 heterocycles. The molecule has 0 N–H and O–H groups in total. The molecule has 0 spiro atoms. The van der Waals surface area contributed by atoms with Crippen LogP contribution in [0, 0.1) is 0 Å². The van der Waals surface area contributed by atoms with Crippen LogP contribution in [-0.4, -0.2) is 15.0 Å². The van der Waals surface area contributed by atoms with Gasteiger partial charge in [-0.2, -0.15) is 0 Å². The number of nitrogens with zero attached hydrogens (tertiary/aromatic N) is 3. The molecule has 0 bridgehead atoms. The summed E-state index contributed by atoms with van der Waals surface area (Å²) in [6.07, 6.45) is 0. The van der Waals surface area contributed by atoms with Crippen molar-refractivity contribution in [3.63, 3.8) is 0 Å². The van der Waals surface area contributed by atoms with Crippen molar-refractivity contribution in [2.24, 2.45) is 0 Å². The lowest BCUT2D eigenvalue weighted by Gasteiger charge is -2.11. The van der Waals surface area contributed by atoms with E-state index in [0.29, 0.717) is 23.0 Å². The maximum Gasteiger partial charge on any atom is 0.164 e. The fourth-order valence-corrected chi connectivity index (χ4v) is 8.01. The number of hydrogen-bond donors (Lipinski definition) is 0. The molecule has 7 aromatic carbocycles. The summed E-state index contributed by atoms with van der Waals surface area (Å²) in [6, 6.07) is 42.0. The predicted octanol–water partition coefficient (Wildman–Crippen LogP) is 12.5. The van der Waals surface area contributed by atoms with Gasteiger partial charge in [0.15, 0.2) is 17.5 Å². The van der Waals surface area contributed by atoms with Crippen molar-refractivity contribution in [3.8, 4) is 56.4 Å². The number of rotatable bonds is 5. The molecule has 10 aromatic rings. The summed E-state index contributed by atoms with van der Waals surface area (Å²) >= 11 is 1.52. The second-order valence-electron chi connectivity index (χ2n) is 12.0.